The monoisotopic (exact) mass is 1050 g/mol. The zero-order chi connectivity index (χ0) is 52.2. The smallest absolute Gasteiger partial charge is 0.246 e. The van der Waals surface area contributed by atoms with E-state index in [9.17, 15) is 29.1 Å². The van der Waals surface area contributed by atoms with Crippen LogP contribution in [0.5, 0.6) is 0 Å². The van der Waals surface area contributed by atoms with Crippen molar-refractivity contribution in [3.63, 3.8) is 0 Å². The lowest BCUT2D eigenvalue weighted by Gasteiger charge is -2.37. The maximum atomic E-state index is 14.0. The number of nitrogens with zero attached hydrogens (tertiary/aromatic N) is 5. The van der Waals surface area contributed by atoms with Gasteiger partial charge >= 0.3 is 0 Å². The second kappa shape index (κ2) is 25.5. The largest absolute Gasteiger partial charge is 0.391 e. The van der Waals surface area contributed by atoms with Crippen molar-refractivity contribution in [1.82, 2.24) is 35.8 Å². The third-order valence-corrected chi connectivity index (χ3v) is 15.0. The van der Waals surface area contributed by atoms with E-state index in [1.54, 1.807) is 62.0 Å². The van der Waals surface area contributed by atoms with Crippen molar-refractivity contribution in [2.24, 2.45) is 11.1 Å². The van der Waals surface area contributed by atoms with E-state index in [-0.39, 0.29) is 88.0 Å². The molecule has 2 saturated heterocycles. The van der Waals surface area contributed by atoms with Crippen molar-refractivity contribution in [2.45, 2.75) is 120 Å². The number of anilines is 3. The van der Waals surface area contributed by atoms with Crippen LogP contribution in [-0.4, -0.2) is 131 Å². The molecule has 0 bridgehead atoms. The predicted molar refractivity (Wildman–Crippen MR) is 280 cm³/mol. The number of piperidine rings is 1. The average Bonchev–Trinajstić information content (AvgIpc) is 3.95. The first kappa shape index (κ1) is 55.9. The van der Waals surface area contributed by atoms with Crippen molar-refractivity contribution in [2.75, 3.05) is 68.6 Å². The molecule has 2 fully saturated rings. The molecule has 0 unspecified atom stereocenters. The number of thiazole rings is 1. The number of hydrogen-bond donors (Lipinski definition) is 7. The second-order valence-corrected chi connectivity index (χ2v) is 21.8. The molecule has 0 radical (unpaired) electrons. The first-order valence-electron chi connectivity index (χ1n) is 24.1. The average molecular weight is 1050 g/mol. The second-order valence-electron chi connectivity index (χ2n) is 19.6. The minimum absolute atomic E-state index is 0.0473. The third kappa shape index (κ3) is 15.8. The van der Waals surface area contributed by atoms with Crippen LogP contribution in [0.4, 0.5) is 17.3 Å². The van der Waals surface area contributed by atoms with Gasteiger partial charge in [0, 0.05) is 55.9 Å². The Morgan fingerprint density at radius 1 is 0.986 bits per heavy atom. The van der Waals surface area contributed by atoms with Gasteiger partial charge in [0.25, 0.3) is 0 Å². The van der Waals surface area contributed by atoms with Crippen LogP contribution in [0, 0.1) is 12.3 Å². The Morgan fingerprint density at radius 3 is 2.38 bits per heavy atom. The summed E-state index contributed by atoms with van der Waals surface area (Å²) in [6.45, 7) is 13.1. The van der Waals surface area contributed by atoms with E-state index in [4.69, 9.17) is 32.5 Å². The quantitative estimate of drug-likeness (QED) is 0.0496. The van der Waals surface area contributed by atoms with E-state index in [1.807, 2.05) is 38.1 Å². The molecule has 19 nitrogen and oxygen atoms in total. The van der Waals surface area contributed by atoms with E-state index in [0.29, 0.717) is 32.9 Å². The molecule has 2 aliphatic heterocycles. The SMILES string of the molecule is Cc1ncsc1-c1ccc([C@H](C)NC(=O)[C@@H]2C[C@@H](O)CN2C(=O)[C@@H](NC(=O)COCCOCCNC(=O)CCCC(=O)Nc2cccc(Sc3ncc(N4CCC(C)(N)CC4)nc3N)c2Cl)C(C)(C)C)cc1. The van der Waals surface area contributed by atoms with Gasteiger partial charge in [0.05, 0.1) is 65.0 Å². The molecule has 390 valence electrons. The highest BCUT2D eigenvalue weighted by Crippen LogP contribution is 2.39. The number of benzene rings is 2. The fraction of sp³-hybridized carbons (Fsp3) is 0.520. The standard InChI is InChI=1S/C50H68ClN11O8S2/c1-30(32-13-15-33(16-14-32)43-31(2)56-29-71-43)57-46(67)36-25-34(63)27-62(36)48(68)44(49(3,4)5)60-41(66)28-70-24-23-69-22-19-54-39(64)11-8-12-40(65)58-35-9-7-10-37(42(35)51)72-47-45(52)59-38(26-55-47)61-20-17-50(6,53)18-21-61/h7,9-10,13-16,26,29-30,34,36,44,63H,8,11-12,17-25,27-28,53H2,1-6H3,(H2,52,59)(H,54,64)(H,57,67)(H,58,65)(H,60,66)/t30-,34+,36-,44+/m0/s1. The number of ether oxygens (including phenoxy) is 2. The number of aliphatic hydroxyl groups excluding tert-OH is 1. The number of aryl methyl sites for hydroxylation is 1. The summed E-state index contributed by atoms with van der Waals surface area (Å²) in [4.78, 5) is 84.5. The molecule has 2 aliphatic rings. The number of β-amino-alcohol motifs (C(OH)–C–C–N with tert-alkyl or cyclic N) is 1. The highest BCUT2D eigenvalue weighted by Gasteiger charge is 2.45. The van der Waals surface area contributed by atoms with Crippen LogP contribution in [0.3, 0.4) is 0 Å². The number of nitrogens with two attached hydrogens (primary N) is 2. The molecular weight excluding hydrogens is 982 g/mol. The summed E-state index contributed by atoms with van der Waals surface area (Å²) in [5.41, 5.74) is 16.7. The van der Waals surface area contributed by atoms with Gasteiger partial charge in [0.2, 0.25) is 29.5 Å². The lowest BCUT2D eigenvalue weighted by atomic mass is 9.85. The number of nitrogen functional groups attached to an aromatic ring is 1. The molecule has 2 aromatic carbocycles. The Labute approximate surface area is 434 Å². The number of aliphatic hydroxyl groups is 1. The predicted octanol–water partition coefficient (Wildman–Crippen LogP) is 5.24. The Morgan fingerprint density at radius 2 is 1.69 bits per heavy atom. The zero-order valence-electron chi connectivity index (χ0n) is 41.8. The normalized spacial score (nSPS) is 17.5. The number of carbonyl (C=O) groups is 5. The minimum atomic E-state index is -1.01. The number of nitrogens with one attached hydrogen (secondary N) is 4. The van der Waals surface area contributed by atoms with Gasteiger partial charge in [-0.05, 0) is 68.7 Å². The number of carbonyl (C=O) groups excluding carboxylic acids is 5. The van der Waals surface area contributed by atoms with Crippen LogP contribution in [0.2, 0.25) is 5.02 Å². The molecule has 5 amide bonds. The molecule has 4 heterocycles. The van der Waals surface area contributed by atoms with Crippen LogP contribution in [0.1, 0.15) is 90.4 Å². The lowest BCUT2D eigenvalue weighted by Crippen LogP contribution is -2.58. The fourth-order valence-electron chi connectivity index (χ4n) is 8.23. The number of halogens is 1. The molecule has 22 heteroatoms. The molecule has 0 aliphatic carbocycles. The van der Waals surface area contributed by atoms with E-state index in [0.717, 1.165) is 47.6 Å². The van der Waals surface area contributed by atoms with Crippen LogP contribution in [-0.2, 0) is 33.4 Å². The molecule has 6 rings (SSSR count). The van der Waals surface area contributed by atoms with Gasteiger partial charge in [-0.25, -0.2) is 15.0 Å². The van der Waals surface area contributed by atoms with Gasteiger partial charge in [-0.3, -0.25) is 24.0 Å². The van der Waals surface area contributed by atoms with Crippen molar-refractivity contribution in [3.05, 3.63) is 70.5 Å². The summed E-state index contributed by atoms with van der Waals surface area (Å²) >= 11 is 9.49. The number of rotatable bonds is 22. The summed E-state index contributed by atoms with van der Waals surface area (Å²) in [5.74, 6) is -0.971. The third-order valence-electron chi connectivity index (χ3n) is 12.5. The highest BCUT2D eigenvalue weighted by molar-refractivity contribution is 7.99. The Kier molecular flexibility index (Phi) is 19.8. The molecule has 9 N–H and O–H groups in total. The van der Waals surface area contributed by atoms with Crippen LogP contribution in [0.15, 0.2) is 64.1 Å². The Bertz CT molecular complexity index is 2510. The molecule has 0 spiro atoms. The molecule has 4 aromatic rings. The first-order chi connectivity index (χ1) is 34.2. The lowest BCUT2D eigenvalue weighted by molar-refractivity contribution is -0.144. The van der Waals surface area contributed by atoms with Gasteiger partial charge < -0.3 is 57.1 Å². The van der Waals surface area contributed by atoms with Crippen molar-refractivity contribution < 1.29 is 38.6 Å². The molecule has 0 saturated carbocycles. The van der Waals surface area contributed by atoms with Gasteiger partial charge in [0.15, 0.2) is 5.82 Å². The van der Waals surface area contributed by atoms with Crippen LogP contribution < -0.4 is 37.6 Å². The highest BCUT2D eigenvalue weighted by atomic mass is 35.5. The van der Waals surface area contributed by atoms with Crippen molar-refractivity contribution >= 4 is 81.6 Å². The number of amides is 5. The first-order valence-corrected chi connectivity index (χ1v) is 26.2. The summed E-state index contributed by atoms with van der Waals surface area (Å²) in [6.07, 6.45) is 3.06. The van der Waals surface area contributed by atoms with Gasteiger partial charge in [-0.2, -0.15) is 0 Å². The summed E-state index contributed by atoms with van der Waals surface area (Å²) < 4.78 is 11.1. The van der Waals surface area contributed by atoms with Crippen molar-refractivity contribution in [3.8, 4) is 10.4 Å². The van der Waals surface area contributed by atoms with E-state index < -0.39 is 41.3 Å². The number of hydrogen-bond acceptors (Lipinski definition) is 16. The Balaban J connectivity index is 0.841. The van der Waals surface area contributed by atoms with Gasteiger partial charge in [-0.1, -0.05) is 74.5 Å². The van der Waals surface area contributed by atoms with Crippen molar-refractivity contribution in [1.29, 1.82) is 0 Å². The summed E-state index contributed by atoms with van der Waals surface area (Å²) in [7, 11) is 0. The zero-order valence-corrected chi connectivity index (χ0v) is 44.2. The van der Waals surface area contributed by atoms with Gasteiger partial charge in [0.1, 0.15) is 29.5 Å². The van der Waals surface area contributed by atoms with E-state index in [1.165, 1.54) is 16.7 Å². The molecule has 2 aromatic heterocycles. The molecule has 4 atom stereocenters. The number of likely N-dealkylation sites (tertiary alicyclic amines) is 1. The summed E-state index contributed by atoms with van der Waals surface area (Å²) in [5, 5.41) is 22.8. The number of aromatic nitrogens is 3. The topological polar surface area (TPSA) is 269 Å². The maximum Gasteiger partial charge on any atom is 0.246 e. The van der Waals surface area contributed by atoms with Gasteiger partial charge in [-0.15, -0.1) is 11.3 Å². The Hall–Kier alpha value is -5.42. The minimum Gasteiger partial charge on any atom is -0.391 e. The van der Waals surface area contributed by atoms with E-state index >= 15 is 0 Å². The summed E-state index contributed by atoms with van der Waals surface area (Å²) in [6, 6.07) is 10.8. The maximum absolute atomic E-state index is 14.0. The molecule has 72 heavy (non-hydrogen) atoms. The van der Waals surface area contributed by atoms with Crippen LogP contribution in [0.25, 0.3) is 10.4 Å². The van der Waals surface area contributed by atoms with Crippen LogP contribution >= 0.6 is 34.7 Å². The van der Waals surface area contributed by atoms with E-state index in [2.05, 4.69) is 48.0 Å². The fourth-order valence-corrected chi connectivity index (χ4v) is 10.1. The molecular formula is C50H68ClN11O8S2.